The van der Waals surface area contributed by atoms with Crippen molar-refractivity contribution < 1.29 is 26.8 Å². The summed E-state index contributed by atoms with van der Waals surface area (Å²) in [5.41, 5.74) is 0. The number of hydrogen-bond acceptors (Lipinski definition) is 1. The molecular weight excluding hydrogens is 148 g/mol. The maximum Gasteiger partial charge on any atom is 3.00 e. The Morgan fingerprint density at radius 2 is 0.667 bits per heavy atom. The van der Waals surface area contributed by atoms with Crippen LogP contribution in [-0.2, 0) is 21.7 Å². The second-order valence-corrected chi connectivity index (χ2v) is 0. The summed E-state index contributed by atoms with van der Waals surface area (Å²) in [6.07, 6.45) is 0. The number of aliphatic hydroxyl groups excluding tert-OH is 1. The molecule has 0 heterocycles. The Balaban J connectivity index is -0.00000000762. The summed E-state index contributed by atoms with van der Waals surface area (Å²) in [5, 5.41) is 7.00. The van der Waals surface area contributed by atoms with Gasteiger partial charge in [-0.15, -0.1) is 0 Å². The first-order chi connectivity index (χ1) is 4.00. The van der Waals surface area contributed by atoms with E-state index >= 15 is 0 Å². The summed E-state index contributed by atoms with van der Waals surface area (Å²) >= 11 is 0. The summed E-state index contributed by atoms with van der Waals surface area (Å²) in [7, 11) is 1.00. The van der Waals surface area contributed by atoms with E-state index in [1.807, 2.05) is 0 Å². The Labute approximate surface area is 75.7 Å². The van der Waals surface area contributed by atoms with Crippen LogP contribution in [0, 0.1) is 20.8 Å². The van der Waals surface area contributed by atoms with Crippen molar-refractivity contribution in [3.63, 3.8) is 0 Å². The van der Waals surface area contributed by atoms with Crippen molar-refractivity contribution in [2.24, 2.45) is 0 Å². The molecule has 0 amide bonds. The molecule has 0 saturated heterocycles. The normalized spacial score (nSPS) is 2.67. The Kier molecular flexibility index (Phi) is 4160. The van der Waals surface area contributed by atoms with E-state index in [9.17, 15) is 0 Å². The fourth-order valence-corrected chi connectivity index (χ4v) is 0. The molecule has 0 bridgehead atoms. The van der Waals surface area contributed by atoms with E-state index in [1.54, 1.807) is 20.8 Å². The van der Waals surface area contributed by atoms with Gasteiger partial charge in [0.25, 0.3) is 0 Å². The predicted molar refractivity (Wildman–Crippen MR) is 41.2 cm³/mol. The third-order valence-corrected chi connectivity index (χ3v) is 0. The molecule has 0 aromatic rings. The maximum absolute atomic E-state index is 7.00. The van der Waals surface area contributed by atoms with Crippen LogP contribution in [0.2, 0.25) is 0 Å². The van der Waals surface area contributed by atoms with Gasteiger partial charge in [-0.05, 0) is 0 Å². The van der Waals surface area contributed by atoms with Crippen LogP contribution >= 0.6 is 0 Å². The molecule has 0 aliphatic heterocycles. The molecule has 0 unspecified atom stereocenters. The van der Waals surface area contributed by atoms with E-state index in [0.29, 0.717) is 0 Å². The van der Waals surface area contributed by atoms with Crippen LogP contribution in [0.15, 0.2) is 0 Å². The first-order valence-electron chi connectivity index (χ1n) is 2.57. The predicted octanol–water partition coefficient (Wildman–Crippen LogP) is 2.13. The Bertz CT molecular complexity index is 8.88. The molecule has 0 rings (SSSR count). The summed E-state index contributed by atoms with van der Waals surface area (Å²) in [5.74, 6) is 0. The third-order valence-electron chi connectivity index (χ3n) is 0. The van der Waals surface area contributed by atoms with E-state index < -0.39 is 0 Å². The van der Waals surface area contributed by atoms with Gasteiger partial charge >= 0.3 is 21.7 Å². The summed E-state index contributed by atoms with van der Waals surface area (Å²) < 4.78 is 0. The second-order valence-electron chi connectivity index (χ2n) is 0. The number of rotatable bonds is 0. The van der Waals surface area contributed by atoms with Crippen molar-refractivity contribution in [2.45, 2.75) is 20.8 Å². The van der Waals surface area contributed by atoms with Gasteiger partial charge in [0.05, 0.1) is 0 Å². The first kappa shape index (κ1) is 33.3. The third kappa shape index (κ3) is 850. The second kappa shape index (κ2) is 1120. The zero-order valence-electron chi connectivity index (χ0n) is 7.07. The molecule has 0 fully saturated rings. The van der Waals surface area contributed by atoms with Gasteiger partial charge in [-0.25, -0.2) is 0 Å². The van der Waals surface area contributed by atoms with Crippen molar-refractivity contribution in [1.29, 1.82) is 0 Å². The van der Waals surface area contributed by atoms with Crippen LogP contribution in [0.5, 0.6) is 0 Å². The molecule has 0 aliphatic rings. The van der Waals surface area contributed by atoms with Gasteiger partial charge in [-0.2, -0.15) is 20.8 Å². The van der Waals surface area contributed by atoms with E-state index in [2.05, 4.69) is 20.8 Å². The fourth-order valence-electron chi connectivity index (χ4n) is 0. The van der Waals surface area contributed by atoms with Crippen LogP contribution in [0.3, 0.4) is 0 Å². The van der Waals surface area contributed by atoms with Crippen LogP contribution < -0.4 is 0 Å². The van der Waals surface area contributed by atoms with Crippen molar-refractivity contribution in [3.8, 4) is 0 Å². The maximum atomic E-state index is 7.00. The topological polar surface area (TPSA) is 20.2 Å². The smallest absolute Gasteiger partial charge is 0.400 e. The Hall–Kier alpha value is 0.674. The largest absolute Gasteiger partial charge is 3.00 e. The first-order valence-corrected chi connectivity index (χ1v) is 2.57. The zero-order valence-corrected chi connectivity index (χ0v) is 8.63. The molecule has 0 aliphatic carbocycles. The van der Waals surface area contributed by atoms with Crippen molar-refractivity contribution in [2.75, 3.05) is 7.11 Å². The van der Waals surface area contributed by atoms with Gasteiger partial charge in [-0.1, -0.05) is 0 Å². The minimum absolute atomic E-state index is 0. The fraction of sp³-hybridized carbons (Fsp3) is 0.571. The molecule has 1 N–H and O–H groups in total. The minimum Gasteiger partial charge on any atom is -0.400 e. The molecule has 1 radical (unpaired) electrons. The molecular formula is C7H19OTi. The van der Waals surface area contributed by atoms with E-state index in [1.165, 1.54) is 0 Å². The summed E-state index contributed by atoms with van der Waals surface area (Å²) in [6.45, 7) is 15.0. The number of hydrogen-bond donors (Lipinski definition) is 1. The molecule has 0 aromatic carbocycles. The van der Waals surface area contributed by atoms with Gasteiger partial charge in [0, 0.05) is 7.11 Å². The standard InChI is InChI=1S/3C2H5.CH4O.Ti/c4*1-2;/h3*1H2,2H3;2H,1H3;/q3*-1;;+3. The van der Waals surface area contributed by atoms with Gasteiger partial charge in [-0.3, -0.25) is 0 Å². The molecule has 57 valence electrons. The van der Waals surface area contributed by atoms with Crippen LogP contribution in [-0.4, -0.2) is 12.2 Å². The molecule has 0 saturated carbocycles. The van der Waals surface area contributed by atoms with Crippen molar-refractivity contribution in [1.82, 2.24) is 0 Å². The quantitative estimate of drug-likeness (QED) is 0.432. The number of aliphatic hydroxyl groups is 1. The van der Waals surface area contributed by atoms with Crippen LogP contribution in [0.1, 0.15) is 20.8 Å². The van der Waals surface area contributed by atoms with Gasteiger partial charge in [0.2, 0.25) is 0 Å². The van der Waals surface area contributed by atoms with Crippen molar-refractivity contribution >= 4 is 0 Å². The van der Waals surface area contributed by atoms with Gasteiger partial charge in [0.1, 0.15) is 0 Å². The SMILES string of the molecule is CO.[CH2-]C.[CH2-]C.[CH2-]C.[Ti+3]. The Morgan fingerprint density at radius 3 is 0.667 bits per heavy atom. The summed E-state index contributed by atoms with van der Waals surface area (Å²) in [6, 6.07) is 0. The van der Waals surface area contributed by atoms with Crippen LogP contribution in [0.25, 0.3) is 0 Å². The minimum atomic E-state index is 0. The van der Waals surface area contributed by atoms with E-state index in [-0.39, 0.29) is 21.7 Å². The molecule has 9 heavy (non-hydrogen) atoms. The molecule has 2 heteroatoms. The molecule has 0 aromatic heterocycles. The average molecular weight is 167 g/mol. The van der Waals surface area contributed by atoms with Gasteiger partial charge in [0.15, 0.2) is 0 Å². The Morgan fingerprint density at radius 1 is 0.667 bits per heavy atom. The van der Waals surface area contributed by atoms with E-state index in [4.69, 9.17) is 5.11 Å². The monoisotopic (exact) mass is 167 g/mol. The molecule has 0 atom stereocenters. The van der Waals surface area contributed by atoms with Crippen LogP contribution in [0.4, 0.5) is 0 Å². The van der Waals surface area contributed by atoms with Crippen molar-refractivity contribution in [3.05, 3.63) is 20.8 Å². The van der Waals surface area contributed by atoms with E-state index in [0.717, 1.165) is 7.11 Å². The average Bonchev–Trinajstić information content (AvgIpc) is 2.03. The zero-order chi connectivity index (χ0) is 8.00. The molecule has 0 spiro atoms. The van der Waals surface area contributed by atoms with Gasteiger partial charge < -0.3 is 25.9 Å². The summed E-state index contributed by atoms with van der Waals surface area (Å²) in [4.78, 5) is 0. The molecule has 1 nitrogen and oxygen atoms in total.